The Hall–Kier alpha value is -2.11. The van der Waals surface area contributed by atoms with Crippen LogP contribution in [0.25, 0.3) is 0 Å². The molecule has 0 saturated heterocycles. The van der Waals surface area contributed by atoms with Crippen molar-refractivity contribution in [1.29, 1.82) is 0 Å². The Kier molecular flexibility index (Phi) is 55.7. The second kappa shape index (κ2) is 57.5. The van der Waals surface area contributed by atoms with E-state index < -0.39 is 6.10 Å². The normalized spacial score (nSPS) is 12.1. The Morgan fingerprint density at radius 2 is 0.485 bits per heavy atom. The predicted octanol–water partition coefficient (Wildman–Crippen LogP) is 20.3. The van der Waals surface area contributed by atoms with E-state index in [0.717, 1.165) is 64.2 Å². The van der Waals surface area contributed by atoms with Gasteiger partial charge in [-0.05, 0) is 70.6 Å². The summed E-state index contributed by atoms with van der Waals surface area (Å²) >= 11 is 0. The van der Waals surface area contributed by atoms with E-state index in [0.29, 0.717) is 19.3 Å². The summed E-state index contributed by atoms with van der Waals surface area (Å²) in [5.74, 6) is -0.860. The van der Waals surface area contributed by atoms with E-state index in [-0.39, 0.29) is 31.1 Å². The summed E-state index contributed by atoms with van der Waals surface area (Å²) in [6, 6.07) is 0. The fraction of sp³-hybridized carbons (Fsp3) is 0.887. The Balaban J connectivity index is 4.18. The second-order valence-electron chi connectivity index (χ2n) is 20.6. The van der Waals surface area contributed by atoms with Crippen LogP contribution >= 0.6 is 0 Å². The highest BCUT2D eigenvalue weighted by molar-refractivity contribution is 5.71. The van der Waals surface area contributed by atoms with Crippen LogP contribution in [0.4, 0.5) is 0 Å². The van der Waals surface area contributed by atoms with E-state index in [2.05, 4.69) is 45.1 Å². The molecule has 0 radical (unpaired) electrons. The molecule has 0 saturated carbocycles. The zero-order chi connectivity index (χ0) is 49.3. The van der Waals surface area contributed by atoms with Gasteiger partial charge in [0.15, 0.2) is 6.10 Å². The van der Waals surface area contributed by atoms with Gasteiger partial charge in [-0.1, -0.05) is 270 Å². The van der Waals surface area contributed by atoms with Crippen LogP contribution in [0.1, 0.15) is 335 Å². The Bertz CT molecular complexity index is 1100. The smallest absolute Gasteiger partial charge is 0.306 e. The number of allylic oxidation sites excluding steroid dienone is 4. The molecule has 0 spiro atoms. The fourth-order valence-corrected chi connectivity index (χ4v) is 9.08. The first-order chi connectivity index (χ1) is 33.5. The van der Waals surface area contributed by atoms with E-state index in [1.807, 2.05) is 0 Å². The third kappa shape index (κ3) is 54.8. The van der Waals surface area contributed by atoms with Gasteiger partial charge in [-0.3, -0.25) is 14.4 Å². The van der Waals surface area contributed by atoms with Crippen molar-refractivity contribution < 1.29 is 28.6 Å². The number of esters is 3. The molecule has 0 aromatic heterocycles. The van der Waals surface area contributed by atoms with Gasteiger partial charge in [0.1, 0.15) is 13.2 Å². The van der Waals surface area contributed by atoms with Crippen molar-refractivity contribution >= 4 is 17.9 Å². The third-order valence-corrected chi connectivity index (χ3v) is 13.7. The van der Waals surface area contributed by atoms with E-state index in [1.165, 1.54) is 231 Å². The molecule has 0 bridgehead atoms. The van der Waals surface area contributed by atoms with Crippen molar-refractivity contribution in [3.05, 3.63) is 24.3 Å². The largest absolute Gasteiger partial charge is 0.462 e. The summed E-state index contributed by atoms with van der Waals surface area (Å²) in [6.45, 7) is 6.66. The molecule has 400 valence electrons. The monoisotopic (exact) mass is 957 g/mol. The maximum atomic E-state index is 12.8. The summed E-state index contributed by atoms with van der Waals surface area (Å²) in [7, 11) is 0. The lowest BCUT2D eigenvalue weighted by molar-refractivity contribution is -0.167. The Morgan fingerprint density at radius 1 is 0.279 bits per heavy atom. The number of carbonyl (C=O) groups is 3. The van der Waals surface area contributed by atoms with Gasteiger partial charge < -0.3 is 14.2 Å². The summed E-state index contributed by atoms with van der Waals surface area (Å²) in [5, 5.41) is 0. The fourth-order valence-electron chi connectivity index (χ4n) is 9.08. The molecular formula is C62H116O6. The van der Waals surface area contributed by atoms with Gasteiger partial charge in [0.05, 0.1) is 0 Å². The number of carbonyl (C=O) groups excluding carboxylic acids is 3. The number of rotatable bonds is 56. The van der Waals surface area contributed by atoms with Gasteiger partial charge in [-0.15, -0.1) is 0 Å². The van der Waals surface area contributed by atoms with Crippen LogP contribution < -0.4 is 0 Å². The molecule has 6 heteroatoms. The Labute approximate surface area is 423 Å². The summed E-state index contributed by atoms with van der Waals surface area (Å²) in [4.78, 5) is 38.1. The van der Waals surface area contributed by atoms with Crippen LogP contribution in [0.3, 0.4) is 0 Å². The lowest BCUT2D eigenvalue weighted by atomic mass is 10.0. The van der Waals surface area contributed by atoms with Gasteiger partial charge in [-0.25, -0.2) is 0 Å². The lowest BCUT2D eigenvalue weighted by Crippen LogP contribution is -2.30. The first-order valence-electron chi connectivity index (χ1n) is 30.3. The third-order valence-electron chi connectivity index (χ3n) is 13.7. The SMILES string of the molecule is CCCCCCC/C=C\CCCCCCCC(=O)OC(COC(=O)CCCCCCCCCCCCC)COC(=O)CCCCCCCCCCCCCCC/C=C\CCCCCCCCCC. The Morgan fingerprint density at radius 3 is 0.735 bits per heavy atom. The molecule has 0 fully saturated rings. The molecule has 1 unspecified atom stereocenters. The quantitative estimate of drug-likeness (QED) is 0.0262. The van der Waals surface area contributed by atoms with Crippen molar-refractivity contribution in [3.8, 4) is 0 Å². The van der Waals surface area contributed by atoms with Crippen LogP contribution in [0.2, 0.25) is 0 Å². The predicted molar refractivity (Wildman–Crippen MR) is 293 cm³/mol. The summed E-state index contributed by atoms with van der Waals surface area (Å²) in [5.41, 5.74) is 0. The number of unbranched alkanes of at least 4 members (excludes halogenated alkanes) is 41. The molecule has 0 aromatic rings. The van der Waals surface area contributed by atoms with Crippen molar-refractivity contribution in [2.75, 3.05) is 13.2 Å². The summed E-state index contributed by atoms with van der Waals surface area (Å²) in [6.07, 6.45) is 67.6. The van der Waals surface area contributed by atoms with Gasteiger partial charge in [0, 0.05) is 19.3 Å². The highest BCUT2D eigenvalue weighted by atomic mass is 16.6. The van der Waals surface area contributed by atoms with Crippen LogP contribution in [0, 0.1) is 0 Å². The van der Waals surface area contributed by atoms with Crippen LogP contribution in [-0.4, -0.2) is 37.2 Å². The lowest BCUT2D eigenvalue weighted by Gasteiger charge is -2.18. The molecular weight excluding hydrogens is 841 g/mol. The van der Waals surface area contributed by atoms with E-state index >= 15 is 0 Å². The molecule has 0 aromatic carbocycles. The first kappa shape index (κ1) is 65.9. The van der Waals surface area contributed by atoms with Crippen LogP contribution in [-0.2, 0) is 28.6 Å². The van der Waals surface area contributed by atoms with Crippen molar-refractivity contribution in [2.45, 2.75) is 341 Å². The van der Waals surface area contributed by atoms with E-state index in [9.17, 15) is 14.4 Å². The van der Waals surface area contributed by atoms with Gasteiger partial charge in [0.25, 0.3) is 0 Å². The van der Waals surface area contributed by atoms with E-state index in [1.54, 1.807) is 0 Å². The minimum atomic E-state index is -0.771. The van der Waals surface area contributed by atoms with Gasteiger partial charge in [-0.2, -0.15) is 0 Å². The van der Waals surface area contributed by atoms with Crippen LogP contribution in [0.5, 0.6) is 0 Å². The van der Waals surface area contributed by atoms with Gasteiger partial charge in [0.2, 0.25) is 0 Å². The molecule has 0 N–H and O–H groups in total. The maximum absolute atomic E-state index is 12.8. The average molecular weight is 958 g/mol. The molecule has 0 heterocycles. The van der Waals surface area contributed by atoms with Crippen molar-refractivity contribution in [1.82, 2.24) is 0 Å². The maximum Gasteiger partial charge on any atom is 0.306 e. The highest BCUT2D eigenvalue weighted by Gasteiger charge is 2.19. The first-order valence-corrected chi connectivity index (χ1v) is 30.3. The average Bonchev–Trinajstić information content (AvgIpc) is 3.34. The summed E-state index contributed by atoms with van der Waals surface area (Å²) < 4.78 is 16.9. The van der Waals surface area contributed by atoms with Crippen LogP contribution in [0.15, 0.2) is 24.3 Å². The number of ether oxygens (including phenoxy) is 3. The second-order valence-corrected chi connectivity index (χ2v) is 20.6. The molecule has 6 nitrogen and oxygen atoms in total. The zero-order valence-electron chi connectivity index (χ0n) is 45.9. The molecule has 0 amide bonds. The molecule has 0 aliphatic carbocycles. The minimum absolute atomic E-state index is 0.0700. The number of hydrogen-bond acceptors (Lipinski definition) is 6. The molecule has 0 aliphatic heterocycles. The van der Waals surface area contributed by atoms with Crippen molar-refractivity contribution in [3.63, 3.8) is 0 Å². The van der Waals surface area contributed by atoms with Gasteiger partial charge >= 0.3 is 17.9 Å². The minimum Gasteiger partial charge on any atom is -0.462 e. The zero-order valence-corrected chi connectivity index (χ0v) is 45.9. The highest BCUT2D eigenvalue weighted by Crippen LogP contribution is 2.17. The van der Waals surface area contributed by atoms with E-state index in [4.69, 9.17) is 14.2 Å². The standard InChI is InChI=1S/C62H116O6/c1-4-7-10-13-16-19-22-24-26-27-28-29-30-31-32-33-34-35-36-38-40-43-46-49-52-55-61(64)67-58-59(57-66-60(63)54-51-48-45-42-39-21-18-15-12-9-6-3)68-62(65)56-53-50-47-44-41-37-25-23-20-17-14-11-8-5-2/h23,25,27-28,59H,4-22,24,26,29-58H2,1-3H3/b25-23-,28-27-. The number of hydrogen-bond donors (Lipinski definition) is 0. The topological polar surface area (TPSA) is 78.9 Å². The molecule has 1 atom stereocenters. The molecule has 0 rings (SSSR count). The van der Waals surface area contributed by atoms with Crippen molar-refractivity contribution in [2.24, 2.45) is 0 Å². The molecule has 0 aliphatic rings. The molecule has 68 heavy (non-hydrogen) atoms.